The number of sulfone groups is 1. The molecule has 0 amide bonds. The summed E-state index contributed by atoms with van der Waals surface area (Å²) in [5.74, 6) is 0.355. The SMILES string of the molecule is Cc1nnn(C)c1-c1cnc2c3cc(S(C)(=O)=O)ccc3n(C(c3ccccc3)C3CCOCC3)c2c1. The molecule has 1 aliphatic heterocycles. The molecule has 0 saturated carbocycles. The summed E-state index contributed by atoms with van der Waals surface area (Å²) in [6.07, 6.45) is 4.96. The zero-order chi connectivity index (χ0) is 25.7. The van der Waals surface area contributed by atoms with Crippen LogP contribution in [-0.4, -0.2) is 52.4 Å². The van der Waals surface area contributed by atoms with Crippen molar-refractivity contribution in [3.05, 3.63) is 72.1 Å². The molecule has 190 valence electrons. The summed E-state index contributed by atoms with van der Waals surface area (Å²) >= 11 is 0. The lowest BCUT2D eigenvalue weighted by molar-refractivity contribution is 0.0553. The molecule has 1 unspecified atom stereocenters. The summed E-state index contributed by atoms with van der Waals surface area (Å²) in [5.41, 5.74) is 6.57. The molecule has 0 radical (unpaired) electrons. The van der Waals surface area contributed by atoms with Gasteiger partial charge in [0, 0.05) is 43.7 Å². The quantitative estimate of drug-likeness (QED) is 0.337. The van der Waals surface area contributed by atoms with Gasteiger partial charge in [-0.2, -0.15) is 0 Å². The average molecular weight is 516 g/mol. The lowest BCUT2D eigenvalue weighted by atomic mass is 9.86. The van der Waals surface area contributed by atoms with Crippen molar-refractivity contribution in [2.45, 2.75) is 30.7 Å². The topological polar surface area (TPSA) is 91.9 Å². The summed E-state index contributed by atoms with van der Waals surface area (Å²) in [4.78, 5) is 5.19. The van der Waals surface area contributed by atoms with E-state index in [1.54, 1.807) is 16.8 Å². The van der Waals surface area contributed by atoms with E-state index in [0.717, 1.165) is 64.9 Å². The first kappa shape index (κ1) is 23.8. The van der Waals surface area contributed by atoms with Crippen LogP contribution in [0, 0.1) is 12.8 Å². The summed E-state index contributed by atoms with van der Waals surface area (Å²) in [7, 11) is -1.50. The molecule has 0 spiro atoms. The minimum atomic E-state index is -3.37. The highest BCUT2D eigenvalue weighted by Gasteiger charge is 2.30. The van der Waals surface area contributed by atoms with Gasteiger partial charge in [-0.25, -0.2) is 13.1 Å². The Balaban J connectivity index is 1.69. The minimum Gasteiger partial charge on any atom is -0.381 e. The van der Waals surface area contributed by atoms with Crippen molar-refractivity contribution in [3.63, 3.8) is 0 Å². The van der Waals surface area contributed by atoms with Gasteiger partial charge >= 0.3 is 0 Å². The van der Waals surface area contributed by atoms with Crippen LogP contribution >= 0.6 is 0 Å². The van der Waals surface area contributed by atoms with Gasteiger partial charge in [0.05, 0.1) is 38.9 Å². The van der Waals surface area contributed by atoms with Crippen molar-refractivity contribution in [1.29, 1.82) is 0 Å². The first-order chi connectivity index (χ1) is 17.8. The summed E-state index contributed by atoms with van der Waals surface area (Å²) in [6, 6.07) is 18.1. The van der Waals surface area contributed by atoms with Crippen molar-refractivity contribution in [2.24, 2.45) is 13.0 Å². The highest BCUT2D eigenvalue weighted by Crippen LogP contribution is 2.41. The van der Waals surface area contributed by atoms with Crippen molar-refractivity contribution in [3.8, 4) is 11.3 Å². The Hall–Kier alpha value is -3.56. The maximum absolute atomic E-state index is 12.4. The Morgan fingerprint density at radius 2 is 1.78 bits per heavy atom. The number of aromatic nitrogens is 5. The van der Waals surface area contributed by atoms with Gasteiger partial charge in [-0.15, -0.1) is 5.10 Å². The van der Waals surface area contributed by atoms with Crippen LogP contribution in [0.15, 0.2) is 65.7 Å². The molecule has 1 fully saturated rings. The Labute approximate surface area is 215 Å². The monoisotopic (exact) mass is 515 g/mol. The molecule has 8 nitrogen and oxygen atoms in total. The van der Waals surface area contributed by atoms with Crippen molar-refractivity contribution >= 4 is 31.8 Å². The Morgan fingerprint density at radius 1 is 1.03 bits per heavy atom. The third-order valence-corrected chi connectivity index (χ3v) is 8.55. The molecule has 6 rings (SSSR count). The fourth-order valence-electron chi connectivity index (χ4n) is 5.72. The van der Waals surface area contributed by atoms with Crippen LogP contribution in [0.2, 0.25) is 0 Å². The van der Waals surface area contributed by atoms with Gasteiger partial charge in [0.2, 0.25) is 0 Å². The minimum absolute atomic E-state index is 0.0389. The molecule has 0 aliphatic carbocycles. The molecule has 2 aromatic carbocycles. The smallest absolute Gasteiger partial charge is 0.175 e. The first-order valence-corrected chi connectivity index (χ1v) is 14.3. The summed E-state index contributed by atoms with van der Waals surface area (Å²) in [5, 5.41) is 9.25. The first-order valence-electron chi connectivity index (χ1n) is 12.5. The van der Waals surface area contributed by atoms with Crippen molar-refractivity contribution in [1.82, 2.24) is 24.5 Å². The van der Waals surface area contributed by atoms with Gasteiger partial charge in [-0.05, 0) is 55.5 Å². The van der Waals surface area contributed by atoms with Crippen LogP contribution in [0.1, 0.15) is 30.1 Å². The number of benzene rings is 2. The van der Waals surface area contributed by atoms with E-state index < -0.39 is 9.84 Å². The van der Waals surface area contributed by atoms with Gasteiger partial charge in [0.15, 0.2) is 9.84 Å². The third kappa shape index (κ3) is 4.12. The molecular weight excluding hydrogens is 486 g/mol. The second kappa shape index (κ2) is 9.08. The molecule has 37 heavy (non-hydrogen) atoms. The van der Waals surface area contributed by atoms with E-state index in [-0.39, 0.29) is 6.04 Å². The Kier molecular flexibility index (Phi) is 5.84. The van der Waals surface area contributed by atoms with E-state index in [1.807, 2.05) is 32.3 Å². The number of hydrogen-bond acceptors (Lipinski definition) is 6. The van der Waals surface area contributed by atoms with E-state index in [9.17, 15) is 8.42 Å². The van der Waals surface area contributed by atoms with E-state index in [2.05, 4.69) is 45.2 Å². The number of ether oxygens (including phenoxy) is 1. The molecule has 3 aromatic heterocycles. The predicted octanol–water partition coefficient (Wildman–Crippen LogP) is 4.71. The fraction of sp³-hybridized carbons (Fsp3) is 0.321. The van der Waals surface area contributed by atoms with Gasteiger partial charge in [-0.3, -0.25) is 4.98 Å². The Morgan fingerprint density at radius 3 is 2.46 bits per heavy atom. The predicted molar refractivity (Wildman–Crippen MR) is 143 cm³/mol. The largest absolute Gasteiger partial charge is 0.381 e. The Bertz CT molecular complexity index is 1700. The molecular formula is C28H29N5O3S. The molecule has 5 aromatic rings. The van der Waals surface area contributed by atoms with Gasteiger partial charge < -0.3 is 9.30 Å². The number of nitrogens with zero attached hydrogens (tertiary/aromatic N) is 5. The number of fused-ring (bicyclic) bond motifs is 3. The highest BCUT2D eigenvalue weighted by atomic mass is 32.2. The highest BCUT2D eigenvalue weighted by molar-refractivity contribution is 7.90. The third-order valence-electron chi connectivity index (χ3n) is 7.44. The second-order valence-corrected chi connectivity index (χ2v) is 11.9. The van der Waals surface area contributed by atoms with Crippen LogP contribution in [0.25, 0.3) is 33.2 Å². The molecule has 0 bridgehead atoms. The molecule has 1 atom stereocenters. The van der Waals surface area contributed by atoms with Crippen LogP contribution < -0.4 is 0 Å². The number of rotatable bonds is 5. The number of aryl methyl sites for hydroxylation is 2. The maximum atomic E-state index is 12.4. The van der Waals surface area contributed by atoms with E-state index in [1.165, 1.54) is 11.8 Å². The van der Waals surface area contributed by atoms with E-state index >= 15 is 0 Å². The number of hydrogen-bond donors (Lipinski definition) is 0. The summed E-state index contributed by atoms with van der Waals surface area (Å²) < 4.78 is 34.7. The van der Waals surface area contributed by atoms with Crippen LogP contribution in [-0.2, 0) is 21.6 Å². The second-order valence-electron chi connectivity index (χ2n) is 9.87. The molecule has 0 N–H and O–H groups in total. The zero-order valence-corrected chi connectivity index (χ0v) is 21.9. The van der Waals surface area contributed by atoms with Gasteiger partial charge in [0.1, 0.15) is 0 Å². The van der Waals surface area contributed by atoms with E-state index in [0.29, 0.717) is 10.8 Å². The molecule has 9 heteroatoms. The molecule has 1 aliphatic rings. The summed E-state index contributed by atoms with van der Waals surface area (Å²) in [6.45, 7) is 3.40. The molecule has 1 saturated heterocycles. The lowest BCUT2D eigenvalue weighted by Crippen LogP contribution is -2.26. The van der Waals surface area contributed by atoms with Crippen LogP contribution in [0.3, 0.4) is 0 Å². The fourth-order valence-corrected chi connectivity index (χ4v) is 6.37. The van der Waals surface area contributed by atoms with Crippen LogP contribution in [0.5, 0.6) is 0 Å². The van der Waals surface area contributed by atoms with Gasteiger partial charge in [0.25, 0.3) is 0 Å². The molecule has 4 heterocycles. The van der Waals surface area contributed by atoms with Crippen molar-refractivity contribution in [2.75, 3.05) is 19.5 Å². The normalized spacial score (nSPS) is 16.0. The lowest BCUT2D eigenvalue weighted by Gasteiger charge is -2.33. The number of pyridine rings is 1. The van der Waals surface area contributed by atoms with E-state index in [4.69, 9.17) is 9.72 Å². The van der Waals surface area contributed by atoms with Gasteiger partial charge in [-0.1, -0.05) is 35.5 Å². The standard InChI is InChI=1S/C28H29N5O3S/c1-18-27(32(2)31-30-18)21-15-25-26(29-17-21)23-16-22(37(3,34)35)9-10-24(23)33(25)28(19-7-5-4-6-8-19)20-11-13-36-14-12-20/h4-10,15-17,20,28H,11-14H2,1-3H3. The maximum Gasteiger partial charge on any atom is 0.175 e. The average Bonchev–Trinajstić information content (AvgIpc) is 3.40. The zero-order valence-electron chi connectivity index (χ0n) is 21.1. The van der Waals surface area contributed by atoms with Crippen molar-refractivity contribution < 1.29 is 13.2 Å². The van der Waals surface area contributed by atoms with Crippen LogP contribution in [0.4, 0.5) is 0 Å².